The van der Waals surface area contributed by atoms with E-state index in [1.54, 1.807) is 0 Å². The molecule has 0 unspecified atom stereocenters. The van der Waals surface area contributed by atoms with Gasteiger partial charge in [0.25, 0.3) is 0 Å². The third kappa shape index (κ3) is 1.71. The first kappa shape index (κ1) is 10.1. The van der Waals surface area contributed by atoms with Crippen molar-refractivity contribution in [2.75, 3.05) is 0 Å². The molecule has 80 valence electrons. The van der Waals surface area contributed by atoms with Gasteiger partial charge in [0.2, 0.25) is 0 Å². The largest absolute Gasteiger partial charge is 0.477 e. The fourth-order valence-corrected chi connectivity index (χ4v) is 1.89. The molecular formula is C11H14N2O2. The Balaban J connectivity index is 2.57. The van der Waals surface area contributed by atoms with Crippen LogP contribution in [0, 0.1) is 0 Å². The minimum atomic E-state index is -0.933. The summed E-state index contributed by atoms with van der Waals surface area (Å²) in [5.41, 5.74) is 1.99. The van der Waals surface area contributed by atoms with Gasteiger partial charge in [0.1, 0.15) is 5.82 Å². The van der Waals surface area contributed by atoms with Gasteiger partial charge in [-0.3, -0.25) is 0 Å². The lowest BCUT2D eigenvalue weighted by molar-refractivity contribution is 0.0688. The summed E-state index contributed by atoms with van der Waals surface area (Å²) in [4.78, 5) is 19.6. The Morgan fingerprint density at radius 2 is 2.07 bits per heavy atom. The smallest absolute Gasteiger partial charge is 0.354 e. The van der Waals surface area contributed by atoms with Crippen LogP contribution in [-0.2, 0) is 12.8 Å². The van der Waals surface area contributed by atoms with E-state index in [0.717, 1.165) is 30.5 Å². The summed E-state index contributed by atoms with van der Waals surface area (Å²) in [5.74, 6) is -0.112. The lowest BCUT2D eigenvalue weighted by Crippen LogP contribution is -2.11. The number of fused-ring (bicyclic) bond motifs is 1. The Morgan fingerprint density at radius 3 is 2.67 bits per heavy atom. The summed E-state index contributed by atoms with van der Waals surface area (Å²) in [6.07, 6.45) is 2.68. The summed E-state index contributed by atoms with van der Waals surface area (Å²) in [6.45, 7) is 3.95. The van der Waals surface area contributed by atoms with Crippen molar-refractivity contribution in [1.82, 2.24) is 9.97 Å². The molecule has 0 spiro atoms. The molecule has 1 aliphatic carbocycles. The number of aromatic nitrogens is 2. The van der Waals surface area contributed by atoms with E-state index < -0.39 is 5.97 Å². The molecule has 0 saturated carbocycles. The van der Waals surface area contributed by atoms with Gasteiger partial charge in [0.05, 0.1) is 0 Å². The van der Waals surface area contributed by atoms with Crippen LogP contribution in [-0.4, -0.2) is 21.0 Å². The van der Waals surface area contributed by atoms with Crippen molar-refractivity contribution in [1.29, 1.82) is 0 Å². The number of aromatic carboxylic acids is 1. The Kier molecular flexibility index (Phi) is 2.42. The van der Waals surface area contributed by atoms with Gasteiger partial charge in [-0.05, 0) is 19.3 Å². The minimum Gasteiger partial charge on any atom is -0.477 e. The van der Waals surface area contributed by atoms with Crippen molar-refractivity contribution < 1.29 is 9.90 Å². The summed E-state index contributed by atoms with van der Waals surface area (Å²) in [6, 6.07) is 0. The zero-order valence-electron chi connectivity index (χ0n) is 8.95. The van der Waals surface area contributed by atoms with E-state index in [1.807, 2.05) is 13.8 Å². The second-order valence-electron chi connectivity index (χ2n) is 4.17. The monoisotopic (exact) mass is 206 g/mol. The fourth-order valence-electron chi connectivity index (χ4n) is 1.89. The lowest BCUT2D eigenvalue weighted by atomic mass is 10.1. The number of hydrogen-bond donors (Lipinski definition) is 1. The average Bonchev–Trinajstić information content (AvgIpc) is 2.62. The van der Waals surface area contributed by atoms with Crippen LogP contribution in [0.25, 0.3) is 0 Å². The molecule has 1 aliphatic rings. The predicted octanol–water partition coefficient (Wildman–Crippen LogP) is 1.79. The van der Waals surface area contributed by atoms with Crippen molar-refractivity contribution in [2.24, 2.45) is 0 Å². The first-order valence-electron chi connectivity index (χ1n) is 5.22. The zero-order valence-corrected chi connectivity index (χ0v) is 8.95. The predicted molar refractivity (Wildman–Crippen MR) is 55.1 cm³/mol. The maximum absolute atomic E-state index is 11.0. The molecule has 2 rings (SSSR count). The molecule has 4 heteroatoms. The number of hydrogen-bond acceptors (Lipinski definition) is 3. The van der Waals surface area contributed by atoms with E-state index in [0.29, 0.717) is 5.82 Å². The van der Waals surface area contributed by atoms with Gasteiger partial charge < -0.3 is 5.11 Å². The molecule has 0 atom stereocenters. The number of carboxylic acid groups (broad SMARTS) is 1. The maximum atomic E-state index is 11.0. The van der Waals surface area contributed by atoms with Crippen LogP contribution in [0.4, 0.5) is 0 Å². The fraction of sp³-hybridized carbons (Fsp3) is 0.545. The maximum Gasteiger partial charge on any atom is 0.354 e. The normalized spacial score (nSPS) is 14.3. The number of carboxylic acids is 1. The molecule has 0 aliphatic heterocycles. The molecule has 15 heavy (non-hydrogen) atoms. The SMILES string of the molecule is CC(C)c1nc2c(c(C(=O)O)n1)CCC2. The molecule has 4 nitrogen and oxygen atoms in total. The highest BCUT2D eigenvalue weighted by Gasteiger charge is 2.23. The number of carbonyl (C=O) groups is 1. The minimum absolute atomic E-state index is 0.175. The first-order chi connectivity index (χ1) is 7.09. The summed E-state index contributed by atoms with van der Waals surface area (Å²) >= 11 is 0. The second kappa shape index (κ2) is 3.61. The second-order valence-corrected chi connectivity index (χ2v) is 4.17. The van der Waals surface area contributed by atoms with Crippen molar-refractivity contribution in [3.63, 3.8) is 0 Å². The Labute approximate surface area is 88.4 Å². The van der Waals surface area contributed by atoms with Crippen molar-refractivity contribution >= 4 is 5.97 Å². The van der Waals surface area contributed by atoms with Gasteiger partial charge in [-0.1, -0.05) is 13.8 Å². The zero-order chi connectivity index (χ0) is 11.0. The molecule has 0 radical (unpaired) electrons. The Bertz CT molecular complexity index is 413. The Hall–Kier alpha value is -1.45. The van der Waals surface area contributed by atoms with E-state index in [2.05, 4.69) is 9.97 Å². The van der Waals surface area contributed by atoms with Crippen LogP contribution >= 0.6 is 0 Å². The lowest BCUT2D eigenvalue weighted by Gasteiger charge is -2.08. The van der Waals surface area contributed by atoms with Gasteiger partial charge in [-0.25, -0.2) is 14.8 Å². The van der Waals surface area contributed by atoms with Crippen molar-refractivity contribution in [3.8, 4) is 0 Å². The standard InChI is InChI=1S/C11H14N2O2/c1-6(2)10-12-8-5-3-4-7(8)9(13-10)11(14)15/h6H,3-5H2,1-2H3,(H,14,15). The van der Waals surface area contributed by atoms with E-state index in [9.17, 15) is 4.79 Å². The first-order valence-corrected chi connectivity index (χ1v) is 5.22. The van der Waals surface area contributed by atoms with Gasteiger partial charge in [-0.2, -0.15) is 0 Å². The molecule has 1 heterocycles. The van der Waals surface area contributed by atoms with Gasteiger partial charge >= 0.3 is 5.97 Å². The molecule has 1 N–H and O–H groups in total. The molecule has 1 aromatic heterocycles. The topological polar surface area (TPSA) is 63.1 Å². The van der Waals surface area contributed by atoms with E-state index >= 15 is 0 Å². The third-order valence-electron chi connectivity index (χ3n) is 2.67. The summed E-state index contributed by atoms with van der Waals surface area (Å²) in [5, 5.41) is 9.06. The van der Waals surface area contributed by atoms with Crippen LogP contribution < -0.4 is 0 Å². The van der Waals surface area contributed by atoms with Gasteiger partial charge in [0, 0.05) is 17.2 Å². The molecule has 0 aromatic carbocycles. The van der Waals surface area contributed by atoms with Crippen LogP contribution in [0.1, 0.15) is 53.8 Å². The highest BCUT2D eigenvalue weighted by atomic mass is 16.4. The number of nitrogens with zero attached hydrogens (tertiary/aromatic N) is 2. The van der Waals surface area contributed by atoms with Crippen molar-refractivity contribution in [2.45, 2.75) is 39.0 Å². The quantitative estimate of drug-likeness (QED) is 0.801. The molecular weight excluding hydrogens is 192 g/mol. The molecule has 0 fully saturated rings. The van der Waals surface area contributed by atoms with E-state index in [-0.39, 0.29) is 11.6 Å². The van der Waals surface area contributed by atoms with Crippen LogP contribution in [0.15, 0.2) is 0 Å². The van der Waals surface area contributed by atoms with Crippen LogP contribution in [0.2, 0.25) is 0 Å². The number of rotatable bonds is 2. The van der Waals surface area contributed by atoms with Gasteiger partial charge in [-0.15, -0.1) is 0 Å². The molecule has 0 bridgehead atoms. The molecule has 0 amide bonds. The van der Waals surface area contributed by atoms with Gasteiger partial charge in [0.15, 0.2) is 5.69 Å². The van der Waals surface area contributed by atoms with Crippen molar-refractivity contribution in [3.05, 3.63) is 22.8 Å². The van der Waals surface area contributed by atoms with Crippen LogP contribution in [0.3, 0.4) is 0 Å². The average molecular weight is 206 g/mol. The van der Waals surface area contributed by atoms with E-state index in [4.69, 9.17) is 5.11 Å². The molecule has 0 saturated heterocycles. The highest BCUT2D eigenvalue weighted by molar-refractivity contribution is 5.87. The highest BCUT2D eigenvalue weighted by Crippen LogP contribution is 2.24. The molecule has 1 aromatic rings. The summed E-state index contributed by atoms with van der Waals surface area (Å²) < 4.78 is 0. The number of aryl methyl sites for hydroxylation is 1. The van der Waals surface area contributed by atoms with E-state index in [1.165, 1.54) is 0 Å². The Morgan fingerprint density at radius 1 is 1.33 bits per heavy atom. The summed E-state index contributed by atoms with van der Waals surface area (Å²) in [7, 11) is 0. The van der Waals surface area contributed by atoms with Crippen LogP contribution in [0.5, 0.6) is 0 Å². The third-order valence-corrected chi connectivity index (χ3v) is 2.67.